The zero-order chi connectivity index (χ0) is 11.5. The van der Waals surface area contributed by atoms with Gasteiger partial charge in [0.15, 0.2) is 0 Å². The first-order chi connectivity index (χ1) is 7.16. The number of unbranched alkanes of at least 4 members (excludes halogenated alkanes) is 2. The molecule has 15 heavy (non-hydrogen) atoms. The average Bonchev–Trinajstić information content (AvgIpc) is 2.21. The zero-order valence-corrected chi connectivity index (χ0v) is 9.12. The number of esters is 1. The highest BCUT2D eigenvalue weighted by atomic mass is 16.5. The van der Waals surface area contributed by atoms with Gasteiger partial charge in [-0.05, 0) is 19.4 Å². The molecular weight excluding hydrogens is 198 g/mol. The molecular formula is C10H19NO4. The lowest BCUT2D eigenvalue weighted by molar-refractivity contribution is -0.140. The first kappa shape index (κ1) is 13.9. The third-order valence-corrected chi connectivity index (χ3v) is 1.98. The van der Waals surface area contributed by atoms with Crippen molar-refractivity contribution in [3.8, 4) is 0 Å². The minimum Gasteiger partial charge on any atom is -0.481 e. The molecule has 0 fully saturated rings. The van der Waals surface area contributed by atoms with Gasteiger partial charge in [-0.2, -0.15) is 0 Å². The van der Waals surface area contributed by atoms with E-state index < -0.39 is 5.97 Å². The van der Waals surface area contributed by atoms with Crippen LogP contribution in [-0.4, -0.2) is 37.2 Å². The monoisotopic (exact) mass is 217 g/mol. The average molecular weight is 217 g/mol. The summed E-state index contributed by atoms with van der Waals surface area (Å²) in [5.41, 5.74) is 0. The number of aliphatic carboxylic acids is 1. The van der Waals surface area contributed by atoms with Crippen molar-refractivity contribution in [2.45, 2.75) is 32.1 Å². The van der Waals surface area contributed by atoms with Gasteiger partial charge in [0.05, 0.1) is 13.5 Å². The maximum atomic E-state index is 10.7. The van der Waals surface area contributed by atoms with Gasteiger partial charge in [-0.1, -0.05) is 6.42 Å². The molecule has 0 aliphatic rings. The van der Waals surface area contributed by atoms with Gasteiger partial charge in [-0.3, -0.25) is 9.59 Å². The van der Waals surface area contributed by atoms with E-state index in [1.54, 1.807) is 0 Å². The van der Waals surface area contributed by atoms with Crippen molar-refractivity contribution in [2.75, 3.05) is 20.2 Å². The Bertz CT molecular complexity index is 194. The Morgan fingerprint density at radius 1 is 1.13 bits per heavy atom. The lowest BCUT2D eigenvalue weighted by atomic mass is 10.2. The maximum absolute atomic E-state index is 10.7. The Hall–Kier alpha value is -1.10. The van der Waals surface area contributed by atoms with Gasteiger partial charge in [-0.25, -0.2) is 0 Å². The number of carboxylic acids is 1. The number of methoxy groups -OCH3 is 1. The second-order valence-electron chi connectivity index (χ2n) is 3.28. The fourth-order valence-corrected chi connectivity index (χ4v) is 1.12. The van der Waals surface area contributed by atoms with Crippen LogP contribution in [0.2, 0.25) is 0 Å². The molecule has 5 heteroatoms. The Kier molecular flexibility index (Phi) is 8.76. The van der Waals surface area contributed by atoms with E-state index in [-0.39, 0.29) is 12.4 Å². The molecule has 0 aliphatic heterocycles. The summed E-state index contributed by atoms with van der Waals surface area (Å²) >= 11 is 0. The van der Waals surface area contributed by atoms with E-state index in [2.05, 4.69) is 10.1 Å². The number of carboxylic acid groups (broad SMARTS) is 1. The molecule has 0 heterocycles. The highest BCUT2D eigenvalue weighted by Crippen LogP contribution is 1.98. The van der Waals surface area contributed by atoms with Gasteiger partial charge in [0.2, 0.25) is 0 Å². The van der Waals surface area contributed by atoms with Crippen molar-refractivity contribution < 1.29 is 19.4 Å². The van der Waals surface area contributed by atoms with E-state index in [0.717, 1.165) is 19.4 Å². The third-order valence-electron chi connectivity index (χ3n) is 1.98. The minimum absolute atomic E-state index is 0.214. The van der Waals surface area contributed by atoms with Crippen LogP contribution in [0.3, 0.4) is 0 Å². The Morgan fingerprint density at radius 3 is 2.47 bits per heavy atom. The molecule has 5 nitrogen and oxygen atoms in total. The van der Waals surface area contributed by atoms with Crippen LogP contribution in [0, 0.1) is 0 Å². The summed E-state index contributed by atoms with van der Waals surface area (Å²) in [6, 6.07) is 0. The number of hydrogen-bond acceptors (Lipinski definition) is 4. The minimum atomic E-state index is -0.742. The lowest BCUT2D eigenvalue weighted by Gasteiger charge is -2.03. The van der Waals surface area contributed by atoms with Gasteiger partial charge in [-0.15, -0.1) is 0 Å². The van der Waals surface area contributed by atoms with Crippen molar-refractivity contribution in [1.82, 2.24) is 5.32 Å². The molecule has 0 spiro atoms. The van der Waals surface area contributed by atoms with E-state index in [0.29, 0.717) is 19.4 Å². The first-order valence-corrected chi connectivity index (χ1v) is 5.16. The predicted molar refractivity (Wildman–Crippen MR) is 55.6 cm³/mol. The van der Waals surface area contributed by atoms with E-state index in [1.807, 2.05) is 0 Å². The van der Waals surface area contributed by atoms with E-state index in [1.165, 1.54) is 7.11 Å². The normalized spacial score (nSPS) is 9.93. The van der Waals surface area contributed by atoms with Crippen molar-refractivity contribution in [3.05, 3.63) is 0 Å². The van der Waals surface area contributed by atoms with Crippen LogP contribution < -0.4 is 5.32 Å². The summed E-state index contributed by atoms with van der Waals surface area (Å²) in [4.78, 5) is 20.9. The van der Waals surface area contributed by atoms with Crippen molar-refractivity contribution in [2.24, 2.45) is 0 Å². The lowest BCUT2D eigenvalue weighted by Crippen LogP contribution is -2.19. The molecule has 0 aromatic heterocycles. The second-order valence-corrected chi connectivity index (χ2v) is 3.28. The van der Waals surface area contributed by atoms with E-state index in [4.69, 9.17) is 5.11 Å². The summed E-state index contributed by atoms with van der Waals surface area (Å²) in [7, 11) is 1.37. The molecule has 0 bridgehead atoms. The van der Waals surface area contributed by atoms with Gasteiger partial charge >= 0.3 is 11.9 Å². The van der Waals surface area contributed by atoms with Gasteiger partial charge in [0, 0.05) is 13.0 Å². The fourth-order valence-electron chi connectivity index (χ4n) is 1.12. The van der Waals surface area contributed by atoms with Gasteiger partial charge in [0.1, 0.15) is 0 Å². The number of nitrogens with one attached hydrogen (secondary N) is 1. The standard InChI is InChI=1S/C10H19NO4/c1-15-10(14)6-8-11-7-4-2-3-5-9(12)13/h11H,2-8H2,1H3,(H,12,13). The summed E-state index contributed by atoms with van der Waals surface area (Å²) in [5, 5.41) is 11.5. The smallest absolute Gasteiger partial charge is 0.306 e. The molecule has 0 rings (SSSR count). The molecule has 0 aromatic rings. The Morgan fingerprint density at radius 2 is 1.87 bits per heavy atom. The Labute approximate surface area is 89.8 Å². The van der Waals surface area contributed by atoms with Crippen LogP contribution in [0.15, 0.2) is 0 Å². The van der Waals surface area contributed by atoms with E-state index >= 15 is 0 Å². The van der Waals surface area contributed by atoms with Crippen LogP contribution >= 0.6 is 0 Å². The van der Waals surface area contributed by atoms with Crippen molar-refractivity contribution in [1.29, 1.82) is 0 Å². The quantitative estimate of drug-likeness (QED) is 0.441. The number of carbonyl (C=O) groups is 2. The van der Waals surface area contributed by atoms with Crippen LogP contribution in [-0.2, 0) is 14.3 Å². The summed E-state index contributed by atoms with van der Waals surface area (Å²) in [6.07, 6.45) is 3.17. The molecule has 0 amide bonds. The van der Waals surface area contributed by atoms with Gasteiger partial charge < -0.3 is 15.2 Å². The Balaban J connectivity index is 3.05. The summed E-state index contributed by atoms with van der Waals surface area (Å²) in [5.74, 6) is -0.956. The van der Waals surface area contributed by atoms with Crippen molar-refractivity contribution >= 4 is 11.9 Å². The maximum Gasteiger partial charge on any atom is 0.306 e. The first-order valence-electron chi connectivity index (χ1n) is 5.16. The molecule has 2 N–H and O–H groups in total. The second kappa shape index (κ2) is 9.45. The highest BCUT2D eigenvalue weighted by Gasteiger charge is 1.99. The largest absolute Gasteiger partial charge is 0.481 e. The van der Waals surface area contributed by atoms with Crippen LogP contribution in [0.4, 0.5) is 0 Å². The van der Waals surface area contributed by atoms with E-state index in [9.17, 15) is 9.59 Å². The molecule has 0 saturated heterocycles. The number of rotatable bonds is 9. The molecule has 0 saturated carbocycles. The number of ether oxygens (including phenoxy) is 1. The third kappa shape index (κ3) is 10.8. The molecule has 0 atom stereocenters. The van der Waals surface area contributed by atoms with Crippen LogP contribution in [0.5, 0.6) is 0 Å². The molecule has 0 radical (unpaired) electrons. The number of carbonyl (C=O) groups excluding carboxylic acids is 1. The molecule has 0 aliphatic carbocycles. The molecule has 88 valence electrons. The summed E-state index contributed by atoms with van der Waals surface area (Å²) < 4.78 is 4.48. The predicted octanol–water partition coefficient (Wildman–Crippen LogP) is 0.784. The summed E-state index contributed by atoms with van der Waals surface area (Å²) in [6.45, 7) is 1.43. The molecule has 0 unspecified atom stereocenters. The van der Waals surface area contributed by atoms with Crippen LogP contribution in [0.1, 0.15) is 32.1 Å². The van der Waals surface area contributed by atoms with Gasteiger partial charge in [0.25, 0.3) is 0 Å². The van der Waals surface area contributed by atoms with Crippen LogP contribution in [0.25, 0.3) is 0 Å². The molecule has 0 aromatic carbocycles. The van der Waals surface area contributed by atoms with Crippen molar-refractivity contribution in [3.63, 3.8) is 0 Å². The number of hydrogen-bond donors (Lipinski definition) is 2. The highest BCUT2D eigenvalue weighted by molar-refractivity contribution is 5.69. The fraction of sp³-hybridized carbons (Fsp3) is 0.800. The SMILES string of the molecule is COC(=O)CCNCCCCCC(=O)O. The topological polar surface area (TPSA) is 75.6 Å². The zero-order valence-electron chi connectivity index (χ0n) is 9.12.